The molecule has 2 heterocycles. The molecule has 21 heavy (non-hydrogen) atoms. The number of carboxylic acids is 1. The molecule has 1 aliphatic carbocycles. The lowest BCUT2D eigenvalue weighted by atomic mass is 9.91. The average Bonchev–Trinajstić information content (AvgIpc) is 2.84. The van der Waals surface area contributed by atoms with E-state index in [-0.39, 0.29) is 5.92 Å². The predicted molar refractivity (Wildman–Crippen MR) is 83.0 cm³/mol. The molecule has 0 bridgehead atoms. The number of aryl methyl sites for hydroxylation is 1. The Kier molecular flexibility index (Phi) is 4.28. The van der Waals surface area contributed by atoms with E-state index < -0.39 is 5.97 Å². The number of hydrogen-bond acceptors (Lipinski definition) is 5. The predicted octanol–water partition coefficient (Wildman–Crippen LogP) is 1.44. The van der Waals surface area contributed by atoms with Crippen LogP contribution < -0.4 is 0 Å². The summed E-state index contributed by atoms with van der Waals surface area (Å²) in [5.74, 6) is -1.10. The summed E-state index contributed by atoms with van der Waals surface area (Å²) < 4.78 is 0. The van der Waals surface area contributed by atoms with Gasteiger partial charge in [-0.25, -0.2) is 4.98 Å². The van der Waals surface area contributed by atoms with Gasteiger partial charge >= 0.3 is 5.97 Å². The van der Waals surface area contributed by atoms with Gasteiger partial charge in [0.25, 0.3) is 0 Å². The smallest absolute Gasteiger partial charge is 0.312 e. The Morgan fingerprint density at radius 2 is 2.24 bits per heavy atom. The zero-order valence-corrected chi connectivity index (χ0v) is 13.5. The molecule has 1 aromatic rings. The summed E-state index contributed by atoms with van der Waals surface area (Å²) in [4.78, 5) is 22.0. The lowest BCUT2D eigenvalue weighted by molar-refractivity contribution is -0.139. The van der Waals surface area contributed by atoms with Crippen molar-refractivity contribution in [2.24, 2.45) is 0 Å². The Balaban J connectivity index is 1.76. The number of hydrogen-bond donors (Lipinski definition) is 1. The molecule has 1 fully saturated rings. The number of aliphatic carboxylic acids is 1. The first-order valence-corrected chi connectivity index (χ1v) is 8.46. The summed E-state index contributed by atoms with van der Waals surface area (Å²) >= 11 is 1.73. The number of thiazole rings is 1. The molecule has 0 amide bonds. The van der Waals surface area contributed by atoms with Gasteiger partial charge in [-0.3, -0.25) is 4.79 Å². The molecule has 0 radical (unpaired) electrons. The molecule has 1 aromatic heterocycles. The third-order valence-corrected chi connectivity index (χ3v) is 5.84. The summed E-state index contributed by atoms with van der Waals surface area (Å²) in [6.45, 7) is 3.26. The van der Waals surface area contributed by atoms with E-state index in [1.54, 1.807) is 11.3 Å². The van der Waals surface area contributed by atoms with Gasteiger partial charge in [0.1, 0.15) is 0 Å². The van der Waals surface area contributed by atoms with Crippen molar-refractivity contribution in [3.63, 3.8) is 0 Å². The van der Waals surface area contributed by atoms with Crippen molar-refractivity contribution in [2.45, 2.75) is 37.6 Å². The second kappa shape index (κ2) is 6.02. The van der Waals surface area contributed by atoms with E-state index in [4.69, 9.17) is 4.98 Å². The van der Waals surface area contributed by atoms with Gasteiger partial charge in [-0.15, -0.1) is 11.3 Å². The van der Waals surface area contributed by atoms with Crippen LogP contribution in [0.2, 0.25) is 0 Å². The van der Waals surface area contributed by atoms with Crippen LogP contribution in [0.3, 0.4) is 0 Å². The van der Waals surface area contributed by atoms with Crippen LogP contribution in [0.5, 0.6) is 0 Å². The minimum absolute atomic E-state index is 0.384. The molecular formula is C15H23N3O2S. The molecule has 1 saturated heterocycles. The van der Waals surface area contributed by atoms with Crippen molar-refractivity contribution in [3.05, 3.63) is 15.6 Å². The maximum Gasteiger partial charge on any atom is 0.312 e. The quantitative estimate of drug-likeness (QED) is 0.915. The van der Waals surface area contributed by atoms with Crippen LogP contribution in [0.15, 0.2) is 0 Å². The Morgan fingerprint density at radius 3 is 3.00 bits per heavy atom. The van der Waals surface area contributed by atoms with E-state index >= 15 is 0 Å². The number of nitrogens with zero attached hydrogens (tertiary/aromatic N) is 3. The van der Waals surface area contributed by atoms with E-state index in [0.29, 0.717) is 6.04 Å². The highest BCUT2D eigenvalue weighted by molar-refractivity contribution is 7.11. The summed E-state index contributed by atoms with van der Waals surface area (Å²) in [5, 5.41) is 10.5. The Morgan fingerprint density at radius 1 is 1.43 bits per heavy atom. The lowest BCUT2D eigenvalue weighted by Crippen LogP contribution is -2.50. The topological polar surface area (TPSA) is 56.7 Å². The number of aromatic nitrogens is 1. The second-order valence-electron chi connectivity index (χ2n) is 6.30. The first-order valence-electron chi connectivity index (χ1n) is 7.64. The zero-order valence-electron chi connectivity index (χ0n) is 12.7. The summed E-state index contributed by atoms with van der Waals surface area (Å²) in [6.07, 6.45) is 3.64. The molecule has 6 heteroatoms. The number of piperazine rings is 1. The van der Waals surface area contributed by atoms with Crippen molar-refractivity contribution >= 4 is 17.3 Å². The summed E-state index contributed by atoms with van der Waals surface area (Å²) in [7, 11) is 4.33. The molecule has 3 rings (SSSR count). The maximum atomic E-state index is 11.4. The Hall–Kier alpha value is -0.980. The van der Waals surface area contributed by atoms with E-state index in [1.807, 2.05) is 0 Å². The Labute approximate surface area is 129 Å². The van der Waals surface area contributed by atoms with Gasteiger partial charge in [0, 0.05) is 37.0 Å². The number of likely N-dealkylation sites (N-methyl/N-ethyl adjacent to an activating group) is 2. The monoisotopic (exact) mass is 309 g/mol. The average molecular weight is 309 g/mol. The molecule has 1 aliphatic heterocycles. The van der Waals surface area contributed by atoms with Gasteiger partial charge in [0.15, 0.2) is 0 Å². The molecular weight excluding hydrogens is 286 g/mol. The number of fused-ring (bicyclic) bond motifs is 1. The lowest BCUT2D eigenvalue weighted by Gasteiger charge is -2.37. The summed E-state index contributed by atoms with van der Waals surface area (Å²) in [6, 6.07) is 0.486. The molecule has 116 valence electrons. The highest BCUT2D eigenvalue weighted by Crippen LogP contribution is 2.35. The standard InChI is InChI=1S/C15H23N3O2S/c1-17-6-7-18(2)10(9-17)8-13-16-14-11(15(19)20)4-3-5-12(14)21-13/h10-11H,3-9H2,1-2H3,(H,19,20). The zero-order chi connectivity index (χ0) is 15.0. The largest absolute Gasteiger partial charge is 0.481 e. The van der Waals surface area contributed by atoms with Crippen LogP contribution in [0.1, 0.15) is 34.3 Å². The summed E-state index contributed by atoms with van der Waals surface area (Å²) in [5.41, 5.74) is 0.848. The SMILES string of the molecule is CN1CCN(C)C(Cc2nc3c(s2)CCCC3C(=O)O)C1. The van der Waals surface area contributed by atoms with Crippen LogP contribution >= 0.6 is 11.3 Å². The van der Waals surface area contributed by atoms with Gasteiger partial charge < -0.3 is 14.9 Å². The first-order chi connectivity index (χ1) is 10.0. The first kappa shape index (κ1) is 14.9. The van der Waals surface area contributed by atoms with Crippen molar-refractivity contribution in [2.75, 3.05) is 33.7 Å². The second-order valence-corrected chi connectivity index (χ2v) is 7.47. The number of carboxylic acid groups (broad SMARTS) is 1. The van der Waals surface area contributed by atoms with Crippen LogP contribution in [0.25, 0.3) is 0 Å². The van der Waals surface area contributed by atoms with Gasteiger partial charge in [0.2, 0.25) is 0 Å². The molecule has 0 saturated carbocycles. The minimum Gasteiger partial charge on any atom is -0.481 e. The fraction of sp³-hybridized carbons (Fsp3) is 0.733. The van der Waals surface area contributed by atoms with Gasteiger partial charge in [-0.1, -0.05) is 0 Å². The molecule has 1 N–H and O–H groups in total. The number of carbonyl (C=O) groups is 1. The third-order valence-electron chi connectivity index (χ3n) is 4.69. The fourth-order valence-corrected chi connectivity index (χ4v) is 4.56. The molecule has 5 nitrogen and oxygen atoms in total. The normalized spacial score (nSPS) is 27.5. The Bertz CT molecular complexity index is 531. The highest BCUT2D eigenvalue weighted by Gasteiger charge is 2.31. The van der Waals surface area contributed by atoms with Crippen LogP contribution in [0, 0.1) is 0 Å². The van der Waals surface area contributed by atoms with E-state index in [0.717, 1.165) is 56.0 Å². The molecule has 2 atom stereocenters. The van der Waals surface area contributed by atoms with Crippen molar-refractivity contribution in [3.8, 4) is 0 Å². The maximum absolute atomic E-state index is 11.4. The molecule has 2 aliphatic rings. The fourth-order valence-electron chi connectivity index (χ4n) is 3.32. The van der Waals surface area contributed by atoms with Crippen molar-refractivity contribution < 1.29 is 9.90 Å². The van der Waals surface area contributed by atoms with E-state index in [9.17, 15) is 9.90 Å². The van der Waals surface area contributed by atoms with Crippen LogP contribution in [-0.4, -0.2) is 65.6 Å². The number of rotatable bonds is 3. The van der Waals surface area contributed by atoms with E-state index in [1.165, 1.54) is 4.88 Å². The van der Waals surface area contributed by atoms with Crippen molar-refractivity contribution in [1.29, 1.82) is 0 Å². The van der Waals surface area contributed by atoms with Gasteiger partial charge in [-0.2, -0.15) is 0 Å². The third kappa shape index (κ3) is 3.12. The van der Waals surface area contributed by atoms with E-state index in [2.05, 4.69) is 23.9 Å². The van der Waals surface area contributed by atoms with Crippen molar-refractivity contribution in [1.82, 2.24) is 14.8 Å². The minimum atomic E-state index is -0.720. The molecule has 0 spiro atoms. The molecule has 2 unspecified atom stereocenters. The van der Waals surface area contributed by atoms with Crippen LogP contribution in [0.4, 0.5) is 0 Å². The van der Waals surface area contributed by atoms with Crippen LogP contribution in [-0.2, 0) is 17.6 Å². The van der Waals surface area contributed by atoms with Gasteiger partial charge in [-0.05, 0) is 33.4 Å². The molecule has 0 aromatic carbocycles. The van der Waals surface area contributed by atoms with Gasteiger partial charge in [0.05, 0.1) is 16.6 Å². The highest BCUT2D eigenvalue weighted by atomic mass is 32.1.